The van der Waals surface area contributed by atoms with E-state index in [-0.39, 0.29) is 22.9 Å². The van der Waals surface area contributed by atoms with E-state index in [9.17, 15) is 18.0 Å². The van der Waals surface area contributed by atoms with E-state index in [1.165, 1.54) is 41.7 Å². The van der Waals surface area contributed by atoms with Crippen molar-refractivity contribution >= 4 is 44.5 Å². The van der Waals surface area contributed by atoms with Crippen LogP contribution < -0.4 is 15.4 Å². The van der Waals surface area contributed by atoms with E-state index in [0.29, 0.717) is 16.3 Å². The second-order valence-electron chi connectivity index (χ2n) is 6.13. The summed E-state index contributed by atoms with van der Waals surface area (Å²) < 4.78 is 26.8. The number of hydrogen-bond donors (Lipinski definition) is 3. The molecule has 2 aromatic carbocycles. The molecule has 9 heteroatoms. The molecule has 0 unspecified atom stereocenters. The first kappa shape index (κ1) is 21.4. The predicted octanol–water partition coefficient (Wildman–Crippen LogP) is 3.72. The molecule has 0 fully saturated rings. The van der Waals surface area contributed by atoms with Crippen LogP contribution in [0.15, 0.2) is 83.6 Å². The first-order chi connectivity index (χ1) is 14.4. The molecule has 0 aliphatic heterocycles. The number of benzene rings is 2. The van der Waals surface area contributed by atoms with E-state index in [4.69, 9.17) is 0 Å². The average Bonchev–Trinajstić information content (AvgIpc) is 3.28. The largest absolute Gasteiger partial charge is 0.322 e. The molecule has 0 radical (unpaired) electrons. The Labute approximate surface area is 178 Å². The molecule has 30 heavy (non-hydrogen) atoms. The van der Waals surface area contributed by atoms with Crippen molar-refractivity contribution < 1.29 is 18.0 Å². The van der Waals surface area contributed by atoms with Gasteiger partial charge in [-0.1, -0.05) is 24.3 Å². The van der Waals surface area contributed by atoms with Crippen LogP contribution in [0.2, 0.25) is 0 Å². The quantitative estimate of drug-likeness (QED) is 0.464. The molecule has 0 atom stereocenters. The van der Waals surface area contributed by atoms with Crippen molar-refractivity contribution in [2.75, 3.05) is 17.2 Å². The van der Waals surface area contributed by atoms with Crippen LogP contribution in [0.5, 0.6) is 0 Å². The number of sulfonamides is 1. The summed E-state index contributed by atoms with van der Waals surface area (Å²) in [6, 6.07) is 15.9. The van der Waals surface area contributed by atoms with Crippen LogP contribution >= 0.6 is 11.3 Å². The van der Waals surface area contributed by atoms with Crippen LogP contribution in [0.3, 0.4) is 0 Å². The van der Waals surface area contributed by atoms with Gasteiger partial charge in [-0.15, -0.1) is 17.9 Å². The molecule has 3 aromatic rings. The number of carbonyl (C=O) groups is 2. The number of thiophene rings is 1. The minimum absolute atomic E-state index is 0.0195. The zero-order chi connectivity index (χ0) is 21.6. The zero-order valence-corrected chi connectivity index (χ0v) is 17.4. The molecule has 3 rings (SSSR count). The lowest BCUT2D eigenvalue weighted by Crippen LogP contribution is -2.24. The fraction of sp³-hybridized carbons (Fsp3) is 0.0476. The lowest BCUT2D eigenvalue weighted by atomic mass is 10.2. The first-order valence-electron chi connectivity index (χ1n) is 8.86. The molecule has 0 spiro atoms. The van der Waals surface area contributed by atoms with Crippen LogP contribution in [-0.4, -0.2) is 26.8 Å². The zero-order valence-electron chi connectivity index (χ0n) is 15.8. The smallest absolute Gasteiger partial charge is 0.265 e. The number of nitrogens with one attached hydrogen (secondary N) is 3. The molecule has 154 valence electrons. The highest BCUT2D eigenvalue weighted by atomic mass is 32.2. The molecule has 0 bridgehead atoms. The number of anilines is 2. The fourth-order valence-electron chi connectivity index (χ4n) is 2.53. The van der Waals surface area contributed by atoms with E-state index in [1.807, 2.05) is 5.38 Å². The van der Waals surface area contributed by atoms with Crippen LogP contribution in [-0.2, 0) is 10.0 Å². The fourth-order valence-corrected chi connectivity index (χ4v) is 4.20. The van der Waals surface area contributed by atoms with Gasteiger partial charge in [0.2, 0.25) is 10.0 Å². The van der Waals surface area contributed by atoms with Crippen LogP contribution in [0, 0.1) is 0 Å². The summed E-state index contributed by atoms with van der Waals surface area (Å²) in [5.74, 6) is -0.712. The summed E-state index contributed by atoms with van der Waals surface area (Å²) in [6.07, 6.45) is 1.43. The van der Waals surface area contributed by atoms with Gasteiger partial charge in [0.25, 0.3) is 11.8 Å². The topological polar surface area (TPSA) is 104 Å². The molecule has 0 aliphatic rings. The molecule has 1 aromatic heterocycles. The Morgan fingerprint density at radius 2 is 1.63 bits per heavy atom. The van der Waals surface area contributed by atoms with E-state index in [0.717, 1.165) is 0 Å². The van der Waals surface area contributed by atoms with Gasteiger partial charge in [-0.2, -0.15) is 0 Å². The maximum atomic E-state index is 12.6. The SMILES string of the molecule is C=CCNS(=O)(=O)c1cccc(C(=O)Nc2cccc(NC(=O)c3cccs3)c2)c1. The monoisotopic (exact) mass is 441 g/mol. The molecule has 3 N–H and O–H groups in total. The van der Waals surface area contributed by atoms with Crippen molar-refractivity contribution in [2.45, 2.75) is 4.90 Å². The Morgan fingerprint density at radius 1 is 0.933 bits per heavy atom. The minimum Gasteiger partial charge on any atom is -0.322 e. The van der Waals surface area contributed by atoms with Gasteiger partial charge >= 0.3 is 0 Å². The average molecular weight is 442 g/mol. The first-order valence-corrected chi connectivity index (χ1v) is 11.2. The molecular weight excluding hydrogens is 422 g/mol. The highest BCUT2D eigenvalue weighted by Crippen LogP contribution is 2.19. The molecule has 0 saturated heterocycles. The number of amides is 2. The Morgan fingerprint density at radius 3 is 2.30 bits per heavy atom. The van der Waals surface area contributed by atoms with Crippen molar-refractivity contribution in [3.8, 4) is 0 Å². The highest BCUT2D eigenvalue weighted by Gasteiger charge is 2.16. The normalized spacial score (nSPS) is 10.9. The second-order valence-corrected chi connectivity index (χ2v) is 8.85. The van der Waals surface area contributed by atoms with Crippen molar-refractivity contribution in [2.24, 2.45) is 0 Å². The lowest BCUT2D eigenvalue weighted by Gasteiger charge is -2.10. The molecular formula is C21H19N3O4S2. The van der Waals surface area contributed by atoms with Gasteiger partial charge in [0.1, 0.15) is 0 Å². The lowest BCUT2D eigenvalue weighted by molar-refractivity contribution is 0.102. The molecule has 7 nitrogen and oxygen atoms in total. The third kappa shape index (κ3) is 5.41. The van der Waals surface area contributed by atoms with E-state index < -0.39 is 15.9 Å². The van der Waals surface area contributed by atoms with Gasteiger partial charge in [-0.05, 0) is 47.8 Å². The van der Waals surface area contributed by atoms with Crippen molar-refractivity contribution in [3.63, 3.8) is 0 Å². The summed E-state index contributed by atoms with van der Waals surface area (Å²) >= 11 is 1.33. The highest BCUT2D eigenvalue weighted by molar-refractivity contribution is 7.89. The predicted molar refractivity (Wildman–Crippen MR) is 118 cm³/mol. The van der Waals surface area contributed by atoms with Crippen molar-refractivity contribution in [1.82, 2.24) is 4.72 Å². The summed E-state index contributed by atoms with van der Waals surface area (Å²) in [6.45, 7) is 3.56. The van der Waals surface area contributed by atoms with Gasteiger partial charge in [-0.3, -0.25) is 9.59 Å². The third-order valence-corrected chi connectivity index (χ3v) is 6.24. The van der Waals surface area contributed by atoms with E-state index >= 15 is 0 Å². The third-order valence-electron chi connectivity index (χ3n) is 3.95. The Kier molecular flexibility index (Phi) is 6.78. The van der Waals surface area contributed by atoms with Gasteiger partial charge < -0.3 is 10.6 Å². The van der Waals surface area contributed by atoms with Crippen LogP contribution in [0.1, 0.15) is 20.0 Å². The van der Waals surface area contributed by atoms with E-state index in [2.05, 4.69) is 21.9 Å². The van der Waals surface area contributed by atoms with Crippen LogP contribution in [0.4, 0.5) is 11.4 Å². The van der Waals surface area contributed by atoms with Gasteiger partial charge in [-0.25, -0.2) is 13.1 Å². The van der Waals surface area contributed by atoms with Gasteiger partial charge in [0.05, 0.1) is 9.77 Å². The van der Waals surface area contributed by atoms with Crippen molar-refractivity contribution in [1.29, 1.82) is 0 Å². The molecule has 2 amide bonds. The minimum atomic E-state index is -3.74. The van der Waals surface area contributed by atoms with Crippen LogP contribution in [0.25, 0.3) is 0 Å². The number of hydrogen-bond acceptors (Lipinski definition) is 5. The Bertz CT molecular complexity index is 1170. The standard InChI is InChI=1S/C21H19N3O4S2/c1-2-11-22-30(27,28)18-9-3-6-15(13-18)20(25)23-16-7-4-8-17(14-16)24-21(26)19-10-5-12-29-19/h2-10,12-14,22H,1,11H2,(H,23,25)(H,24,26). The van der Waals surface area contributed by atoms with Gasteiger partial charge in [0, 0.05) is 23.5 Å². The van der Waals surface area contributed by atoms with Gasteiger partial charge in [0.15, 0.2) is 0 Å². The Balaban J connectivity index is 1.73. The second kappa shape index (κ2) is 9.49. The summed E-state index contributed by atoms with van der Waals surface area (Å²) in [7, 11) is -3.74. The maximum Gasteiger partial charge on any atom is 0.265 e. The van der Waals surface area contributed by atoms with Crippen molar-refractivity contribution in [3.05, 3.63) is 89.1 Å². The Hall–Kier alpha value is -3.27. The number of rotatable bonds is 8. The van der Waals surface area contributed by atoms with E-state index in [1.54, 1.807) is 36.4 Å². The summed E-state index contributed by atoms with van der Waals surface area (Å²) in [5, 5.41) is 7.29. The maximum absolute atomic E-state index is 12.6. The summed E-state index contributed by atoms with van der Waals surface area (Å²) in [4.78, 5) is 25.3. The molecule has 0 aliphatic carbocycles. The summed E-state index contributed by atoms with van der Waals surface area (Å²) in [5.41, 5.74) is 1.17. The molecule has 1 heterocycles. The molecule has 0 saturated carbocycles. The number of carbonyl (C=O) groups excluding carboxylic acids is 2.